The first-order valence-electron chi connectivity index (χ1n) is 5.86. The third-order valence-corrected chi connectivity index (χ3v) is 3.89. The van der Waals surface area contributed by atoms with Crippen molar-refractivity contribution >= 4 is 11.3 Å². The standard InChI is InChI=1S/C12H18N4S/c1-4-6-13-11(10-8-14-15-16(10)3)12-9(2)5-7-17-12/h5,7-8,11,13H,4,6H2,1-3H3. The molecule has 0 aromatic carbocycles. The van der Waals surface area contributed by atoms with Crippen LogP contribution in [0, 0.1) is 6.92 Å². The van der Waals surface area contributed by atoms with Gasteiger partial charge in [-0.15, -0.1) is 16.4 Å². The van der Waals surface area contributed by atoms with Gasteiger partial charge in [0.2, 0.25) is 0 Å². The molecule has 0 amide bonds. The van der Waals surface area contributed by atoms with Gasteiger partial charge in [-0.2, -0.15) is 0 Å². The molecule has 0 aliphatic carbocycles. The fourth-order valence-electron chi connectivity index (χ4n) is 1.86. The summed E-state index contributed by atoms with van der Waals surface area (Å²) in [4.78, 5) is 1.35. The highest BCUT2D eigenvalue weighted by Gasteiger charge is 2.20. The van der Waals surface area contributed by atoms with Gasteiger partial charge in [0.1, 0.15) is 0 Å². The second-order valence-corrected chi connectivity index (χ2v) is 5.09. The van der Waals surface area contributed by atoms with Crippen LogP contribution in [0.15, 0.2) is 17.6 Å². The third-order valence-electron chi connectivity index (χ3n) is 2.81. The summed E-state index contributed by atoms with van der Waals surface area (Å²) in [6.45, 7) is 5.32. The maximum atomic E-state index is 4.02. The Bertz CT molecular complexity index is 434. The van der Waals surface area contributed by atoms with Crippen LogP contribution in [-0.4, -0.2) is 21.5 Å². The molecule has 1 N–H and O–H groups in total. The molecule has 0 fully saturated rings. The molecular weight excluding hydrogens is 232 g/mol. The SMILES string of the molecule is CCCNC(c1sccc1C)c1cnnn1C. The molecule has 2 aromatic rings. The molecule has 0 radical (unpaired) electrons. The molecule has 1 atom stereocenters. The second-order valence-electron chi connectivity index (χ2n) is 4.14. The Balaban J connectivity index is 2.32. The van der Waals surface area contributed by atoms with Crippen molar-refractivity contribution in [3.05, 3.63) is 33.8 Å². The lowest BCUT2D eigenvalue weighted by molar-refractivity contribution is 0.555. The Labute approximate surface area is 106 Å². The van der Waals surface area contributed by atoms with Gasteiger partial charge < -0.3 is 5.32 Å². The molecule has 2 heterocycles. The molecule has 2 rings (SSSR count). The third kappa shape index (κ3) is 2.56. The van der Waals surface area contributed by atoms with Gasteiger partial charge in [-0.05, 0) is 36.9 Å². The normalized spacial score (nSPS) is 12.9. The minimum Gasteiger partial charge on any atom is -0.304 e. The second kappa shape index (κ2) is 5.42. The zero-order chi connectivity index (χ0) is 12.3. The molecular formula is C12H18N4S. The van der Waals surface area contributed by atoms with Gasteiger partial charge in [-0.1, -0.05) is 12.1 Å². The van der Waals surface area contributed by atoms with E-state index >= 15 is 0 Å². The molecule has 2 aromatic heterocycles. The minimum atomic E-state index is 0.204. The largest absolute Gasteiger partial charge is 0.304 e. The van der Waals surface area contributed by atoms with E-state index in [0.717, 1.165) is 18.7 Å². The molecule has 92 valence electrons. The van der Waals surface area contributed by atoms with Crippen molar-refractivity contribution in [3.8, 4) is 0 Å². The van der Waals surface area contributed by atoms with Crippen LogP contribution in [0.5, 0.6) is 0 Å². The summed E-state index contributed by atoms with van der Waals surface area (Å²) < 4.78 is 1.84. The predicted octanol–water partition coefficient (Wildman–Crippen LogP) is 2.27. The van der Waals surface area contributed by atoms with E-state index in [1.165, 1.54) is 10.4 Å². The monoisotopic (exact) mass is 250 g/mol. The van der Waals surface area contributed by atoms with Gasteiger partial charge in [0.15, 0.2) is 0 Å². The van der Waals surface area contributed by atoms with E-state index in [1.54, 1.807) is 11.3 Å². The fraction of sp³-hybridized carbons (Fsp3) is 0.500. The van der Waals surface area contributed by atoms with Crippen molar-refractivity contribution in [2.45, 2.75) is 26.3 Å². The van der Waals surface area contributed by atoms with Gasteiger partial charge in [0.05, 0.1) is 17.9 Å². The zero-order valence-electron chi connectivity index (χ0n) is 10.5. The number of aromatic nitrogens is 3. The number of nitrogens with one attached hydrogen (secondary N) is 1. The van der Waals surface area contributed by atoms with Crippen molar-refractivity contribution in [2.75, 3.05) is 6.54 Å². The maximum absolute atomic E-state index is 4.02. The smallest absolute Gasteiger partial charge is 0.0860 e. The summed E-state index contributed by atoms with van der Waals surface area (Å²) in [5, 5.41) is 13.7. The Morgan fingerprint density at radius 1 is 1.53 bits per heavy atom. The zero-order valence-corrected chi connectivity index (χ0v) is 11.3. The highest BCUT2D eigenvalue weighted by atomic mass is 32.1. The Kier molecular flexibility index (Phi) is 3.91. The van der Waals surface area contributed by atoms with Crippen molar-refractivity contribution in [2.24, 2.45) is 7.05 Å². The number of nitrogens with zero attached hydrogens (tertiary/aromatic N) is 3. The van der Waals surface area contributed by atoms with E-state index in [9.17, 15) is 0 Å². The fourth-order valence-corrected chi connectivity index (χ4v) is 2.87. The van der Waals surface area contributed by atoms with Crippen LogP contribution in [0.2, 0.25) is 0 Å². The van der Waals surface area contributed by atoms with E-state index in [-0.39, 0.29) is 6.04 Å². The summed E-state index contributed by atoms with van der Waals surface area (Å²) in [6, 6.07) is 2.36. The van der Waals surface area contributed by atoms with Crippen molar-refractivity contribution in [1.29, 1.82) is 0 Å². The summed E-state index contributed by atoms with van der Waals surface area (Å²) in [7, 11) is 1.94. The lowest BCUT2D eigenvalue weighted by atomic mass is 10.1. The highest BCUT2D eigenvalue weighted by molar-refractivity contribution is 7.10. The quantitative estimate of drug-likeness (QED) is 0.885. The molecule has 5 heteroatoms. The van der Waals surface area contributed by atoms with E-state index in [2.05, 4.69) is 40.9 Å². The van der Waals surface area contributed by atoms with Crippen LogP contribution >= 0.6 is 11.3 Å². The van der Waals surface area contributed by atoms with Crippen LogP contribution in [-0.2, 0) is 7.05 Å². The van der Waals surface area contributed by atoms with E-state index in [0.29, 0.717) is 0 Å². The molecule has 17 heavy (non-hydrogen) atoms. The van der Waals surface area contributed by atoms with Crippen LogP contribution in [0.1, 0.15) is 35.5 Å². The van der Waals surface area contributed by atoms with E-state index in [1.807, 2.05) is 17.9 Å². The molecule has 4 nitrogen and oxygen atoms in total. The molecule has 0 saturated carbocycles. The average Bonchev–Trinajstić information content (AvgIpc) is 2.90. The molecule has 1 unspecified atom stereocenters. The number of hydrogen-bond acceptors (Lipinski definition) is 4. The summed E-state index contributed by atoms with van der Waals surface area (Å²) in [5.41, 5.74) is 2.44. The molecule has 0 bridgehead atoms. The number of aryl methyl sites for hydroxylation is 2. The van der Waals surface area contributed by atoms with Gasteiger partial charge in [-0.25, -0.2) is 0 Å². The van der Waals surface area contributed by atoms with E-state index in [4.69, 9.17) is 0 Å². The summed E-state index contributed by atoms with van der Waals surface area (Å²) in [5.74, 6) is 0. The van der Waals surface area contributed by atoms with Crippen molar-refractivity contribution in [3.63, 3.8) is 0 Å². The first-order valence-corrected chi connectivity index (χ1v) is 6.74. The van der Waals surface area contributed by atoms with Crippen LogP contribution in [0.3, 0.4) is 0 Å². The number of hydrogen-bond donors (Lipinski definition) is 1. The van der Waals surface area contributed by atoms with Crippen LogP contribution < -0.4 is 5.32 Å². The Morgan fingerprint density at radius 2 is 2.35 bits per heavy atom. The van der Waals surface area contributed by atoms with Crippen LogP contribution in [0.25, 0.3) is 0 Å². The molecule has 0 aliphatic heterocycles. The van der Waals surface area contributed by atoms with Crippen LogP contribution in [0.4, 0.5) is 0 Å². The maximum Gasteiger partial charge on any atom is 0.0860 e. The predicted molar refractivity (Wildman–Crippen MR) is 70.2 cm³/mol. The number of thiophene rings is 1. The topological polar surface area (TPSA) is 42.7 Å². The molecule has 0 aliphatic rings. The highest BCUT2D eigenvalue weighted by Crippen LogP contribution is 2.28. The van der Waals surface area contributed by atoms with E-state index < -0.39 is 0 Å². The lowest BCUT2D eigenvalue weighted by Gasteiger charge is -2.17. The van der Waals surface area contributed by atoms with Crippen molar-refractivity contribution in [1.82, 2.24) is 20.3 Å². The molecule has 0 saturated heterocycles. The lowest BCUT2D eigenvalue weighted by Crippen LogP contribution is -2.25. The average molecular weight is 250 g/mol. The van der Waals surface area contributed by atoms with Gasteiger partial charge in [-0.3, -0.25) is 4.68 Å². The Morgan fingerprint density at radius 3 is 2.88 bits per heavy atom. The van der Waals surface area contributed by atoms with Gasteiger partial charge in [0.25, 0.3) is 0 Å². The van der Waals surface area contributed by atoms with Gasteiger partial charge >= 0.3 is 0 Å². The summed E-state index contributed by atoms with van der Waals surface area (Å²) in [6.07, 6.45) is 2.96. The number of rotatable bonds is 5. The van der Waals surface area contributed by atoms with Crippen molar-refractivity contribution < 1.29 is 0 Å². The van der Waals surface area contributed by atoms with Gasteiger partial charge in [0, 0.05) is 11.9 Å². The first-order chi connectivity index (χ1) is 8.24. The Hall–Kier alpha value is -1.20. The minimum absolute atomic E-state index is 0.204. The first kappa shape index (κ1) is 12.3. The molecule has 0 spiro atoms. The summed E-state index contributed by atoms with van der Waals surface area (Å²) >= 11 is 1.78.